The summed E-state index contributed by atoms with van der Waals surface area (Å²) in [5, 5.41) is 27.3. The van der Waals surface area contributed by atoms with Crippen LogP contribution in [0.25, 0.3) is 0 Å². The van der Waals surface area contributed by atoms with Crippen LogP contribution < -0.4 is 11.1 Å². The lowest BCUT2D eigenvalue weighted by Gasteiger charge is -2.29. The SMILES string of the molecule is CC(C)(CO[N+](=O)[O-])NC(=O)C(C)(C)N.O=C(O)C=CC(=O)O. The van der Waals surface area contributed by atoms with Crippen molar-refractivity contribution in [3.63, 3.8) is 0 Å². The summed E-state index contributed by atoms with van der Waals surface area (Å²) < 4.78 is 0. The molecule has 0 aromatic carbocycles. The Morgan fingerprint density at radius 2 is 1.57 bits per heavy atom. The third kappa shape index (κ3) is 15.5. The highest BCUT2D eigenvalue weighted by atomic mass is 16.9. The van der Waals surface area contributed by atoms with Crippen molar-refractivity contribution in [1.82, 2.24) is 5.32 Å². The van der Waals surface area contributed by atoms with E-state index in [0.717, 1.165) is 0 Å². The van der Waals surface area contributed by atoms with Crippen LogP contribution in [0.3, 0.4) is 0 Å². The minimum atomic E-state index is -1.26. The number of aliphatic carboxylic acids is 2. The number of amides is 1. The molecule has 0 aromatic heterocycles. The van der Waals surface area contributed by atoms with Crippen molar-refractivity contribution in [2.24, 2.45) is 5.73 Å². The molecule has 1 amide bonds. The molecule has 0 radical (unpaired) electrons. The van der Waals surface area contributed by atoms with Gasteiger partial charge in [0.25, 0.3) is 5.09 Å². The summed E-state index contributed by atoms with van der Waals surface area (Å²) in [7, 11) is 0. The molecule has 0 saturated carbocycles. The van der Waals surface area contributed by atoms with Gasteiger partial charge in [-0.15, -0.1) is 10.1 Å². The average molecular weight is 335 g/mol. The van der Waals surface area contributed by atoms with Gasteiger partial charge in [-0.25, -0.2) is 9.59 Å². The molecule has 0 rings (SSSR count). The number of nitrogens with zero attached hydrogens (tertiary/aromatic N) is 1. The summed E-state index contributed by atoms with van der Waals surface area (Å²) in [4.78, 5) is 44.7. The van der Waals surface area contributed by atoms with E-state index in [-0.39, 0.29) is 12.5 Å². The maximum absolute atomic E-state index is 11.5. The Labute approximate surface area is 132 Å². The number of rotatable bonds is 7. The summed E-state index contributed by atoms with van der Waals surface area (Å²) in [6.07, 6.45) is 1.12. The number of carboxylic acid groups (broad SMARTS) is 2. The molecule has 0 aromatic rings. The summed E-state index contributed by atoms with van der Waals surface area (Å²) in [5.41, 5.74) is 3.70. The van der Waals surface area contributed by atoms with Crippen LogP contribution in [0.2, 0.25) is 0 Å². The van der Waals surface area contributed by atoms with E-state index < -0.39 is 28.1 Å². The Morgan fingerprint density at radius 1 is 1.17 bits per heavy atom. The van der Waals surface area contributed by atoms with Crippen LogP contribution in [-0.2, 0) is 19.2 Å². The van der Waals surface area contributed by atoms with E-state index in [4.69, 9.17) is 15.9 Å². The van der Waals surface area contributed by atoms with E-state index >= 15 is 0 Å². The van der Waals surface area contributed by atoms with Crippen LogP contribution in [-0.4, -0.2) is 50.8 Å². The smallest absolute Gasteiger partial charge is 0.328 e. The zero-order valence-corrected chi connectivity index (χ0v) is 13.2. The molecule has 11 nitrogen and oxygen atoms in total. The number of hydrogen-bond acceptors (Lipinski definition) is 7. The standard InChI is InChI=1S/C8H17N3O4.C4H4O4/c1-7(2,5-15-11(13)14)10-6(12)8(3,4)9;5-3(6)1-2-4(7)8/h5,9H2,1-4H3,(H,10,12);1-2H,(H,5,6)(H,7,8). The predicted octanol–water partition coefficient (Wildman–Crippen LogP) is -0.461. The molecule has 0 saturated heterocycles. The Kier molecular flexibility index (Phi) is 9.19. The molecule has 0 heterocycles. The van der Waals surface area contributed by atoms with E-state index in [9.17, 15) is 24.5 Å². The van der Waals surface area contributed by atoms with Crippen molar-refractivity contribution in [2.75, 3.05) is 6.61 Å². The highest BCUT2D eigenvalue weighted by Gasteiger charge is 2.29. The Morgan fingerprint density at radius 3 is 1.83 bits per heavy atom. The zero-order chi connectivity index (χ0) is 18.8. The van der Waals surface area contributed by atoms with Crippen LogP contribution in [0.5, 0.6) is 0 Å². The zero-order valence-electron chi connectivity index (χ0n) is 13.2. The monoisotopic (exact) mass is 335 g/mol. The van der Waals surface area contributed by atoms with E-state index in [1.165, 1.54) is 0 Å². The maximum atomic E-state index is 11.5. The fraction of sp³-hybridized carbons (Fsp3) is 0.583. The van der Waals surface area contributed by atoms with Gasteiger partial charge in [0, 0.05) is 12.2 Å². The fourth-order valence-corrected chi connectivity index (χ4v) is 0.861. The van der Waals surface area contributed by atoms with Crippen molar-refractivity contribution in [2.45, 2.75) is 38.8 Å². The molecule has 0 fully saturated rings. The van der Waals surface area contributed by atoms with Gasteiger partial charge in [0.15, 0.2) is 0 Å². The Balaban J connectivity index is 0. The van der Waals surface area contributed by atoms with Crippen molar-refractivity contribution < 1.29 is 34.5 Å². The Hall–Kier alpha value is -2.69. The first-order chi connectivity index (χ1) is 10.2. The molecule has 0 aliphatic rings. The van der Waals surface area contributed by atoms with Crippen LogP contribution in [0, 0.1) is 10.1 Å². The van der Waals surface area contributed by atoms with Crippen LogP contribution in [0.4, 0.5) is 0 Å². The Bertz CT molecular complexity index is 463. The van der Waals surface area contributed by atoms with E-state index in [1.807, 2.05) is 0 Å². The number of nitrogens with one attached hydrogen (secondary N) is 1. The van der Waals surface area contributed by atoms with Crippen molar-refractivity contribution in [1.29, 1.82) is 0 Å². The van der Waals surface area contributed by atoms with E-state index in [2.05, 4.69) is 10.2 Å². The van der Waals surface area contributed by atoms with Gasteiger partial charge in [0.1, 0.15) is 6.61 Å². The normalized spacial score (nSPS) is 11.2. The largest absolute Gasteiger partial charge is 0.478 e. The van der Waals surface area contributed by atoms with Crippen LogP contribution >= 0.6 is 0 Å². The van der Waals surface area contributed by atoms with Gasteiger partial charge in [-0.3, -0.25) is 4.79 Å². The number of carbonyl (C=O) groups excluding carboxylic acids is 1. The number of hydrogen-bond donors (Lipinski definition) is 4. The molecule has 11 heteroatoms. The van der Waals surface area contributed by atoms with Gasteiger partial charge in [-0.2, -0.15) is 0 Å². The lowest BCUT2D eigenvalue weighted by Crippen LogP contribution is -2.57. The minimum Gasteiger partial charge on any atom is -0.478 e. The van der Waals surface area contributed by atoms with Gasteiger partial charge in [-0.05, 0) is 27.7 Å². The minimum absolute atomic E-state index is 0.220. The molecular formula is C12H21N3O8. The maximum Gasteiger partial charge on any atom is 0.328 e. The molecule has 0 bridgehead atoms. The second-order valence-electron chi connectivity index (χ2n) is 5.57. The summed E-state index contributed by atoms with van der Waals surface area (Å²) in [5.74, 6) is -2.90. The van der Waals surface area contributed by atoms with Gasteiger partial charge in [-0.1, -0.05) is 0 Å². The highest BCUT2D eigenvalue weighted by molar-refractivity contribution is 5.89. The molecule has 0 aliphatic heterocycles. The van der Waals surface area contributed by atoms with Crippen LogP contribution in [0.1, 0.15) is 27.7 Å². The molecule has 0 spiro atoms. The molecule has 5 N–H and O–H groups in total. The molecule has 0 atom stereocenters. The summed E-state index contributed by atoms with van der Waals surface area (Å²) >= 11 is 0. The first-order valence-corrected chi connectivity index (χ1v) is 6.20. The number of nitrogens with two attached hydrogens (primary N) is 1. The van der Waals surface area contributed by atoms with E-state index in [1.54, 1.807) is 27.7 Å². The van der Waals surface area contributed by atoms with Crippen molar-refractivity contribution >= 4 is 17.8 Å². The lowest BCUT2D eigenvalue weighted by molar-refractivity contribution is -0.759. The molecule has 23 heavy (non-hydrogen) atoms. The predicted molar refractivity (Wildman–Crippen MR) is 77.8 cm³/mol. The number of carboxylic acids is 2. The van der Waals surface area contributed by atoms with Gasteiger partial charge in [0.05, 0.1) is 11.1 Å². The summed E-state index contributed by atoms with van der Waals surface area (Å²) in [6.45, 7) is 6.10. The third-order valence-electron chi connectivity index (χ3n) is 1.94. The average Bonchev–Trinajstić information content (AvgIpc) is 2.33. The molecule has 0 unspecified atom stereocenters. The second-order valence-corrected chi connectivity index (χ2v) is 5.57. The van der Waals surface area contributed by atoms with Crippen molar-refractivity contribution in [3.8, 4) is 0 Å². The van der Waals surface area contributed by atoms with Gasteiger partial charge in [0.2, 0.25) is 5.91 Å². The third-order valence-corrected chi connectivity index (χ3v) is 1.94. The first kappa shape index (κ1) is 22.6. The van der Waals surface area contributed by atoms with Crippen LogP contribution in [0.15, 0.2) is 12.2 Å². The fourth-order valence-electron chi connectivity index (χ4n) is 0.861. The van der Waals surface area contributed by atoms with Gasteiger partial charge >= 0.3 is 11.9 Å². The topological polar surface area (TPSA) is 182 Å². The lowest BCUT2D eigenvalue weighted by atomic mass is 10.0. The number of carbonyl (C=O) groups is 3. The molecule has 0 aliphatic carbocycles. The molecule has 132 valence electrons. The van der Waals surface area contributed by atoms with Gasteiger partial charge < -0.3 is 26.1 Å². The second kappa shape index (κ2) is 9.35. The summed E-state index contributed by atoms with van der Waals surface area (Å²) in [6, 6.07) is 0. The quantitative estimate of drug-likeness (QED) is 0.271. The van der Waals surface area contributed by atoms with Crippen molar-refractivity contribution in [3.05, 3.63) is 22.3 Å². The highest BCUT2D eigenvalue weighted by Crippen LogP contribution is 2.06. The molecular weight excluding hydrogens is 314 g/mol. The van der Waals surface area contributed by atoms with E-state index in [0.29, 0.717) is 12.2 Å². The first-order valence-electron chi connectivity index (χ1n) is 6.20.